The van der Waals surface area contributed by atoms with Gasteiger partial charge in [0.05, 0.1) is 7.11 Å². The Balaban J connectivity index is 1.88. The van der Waals surface area contributed by atoms with E-state index in [1.54, 1.807) is 26.3 Å². The first-order valence-corrected chi connectivity index (χ1v) is 8.50. The number of aryl methyl sites for hydroxylation is 1. The van der Waals surface area contributed by atoms with Crippen molar-refractivity contribution in [1.82, 2.24) is 10.6 Å². The fourth-order valence-corrected chi connectivity index (χ4v) is 2.66. The number of benzene rings is 2. The lowest BCUT2D eigenvalue weighted by Crippen LogP contribution is -2.37. The Labute approximate surface area is 154 Å². The van der Waals surface area contributed by atoms with Gasteiger partial charge in [0.15, 0.2) is 5.96 Å². The van der Waals surface area contributed by atoms with Crippen LogP contribution in [-0.2, 0) is 13.0 Å². The highest BCUT2D eigenvalue weighted by Crippen LogP contribution is 2.19. The molecule has 0 aromatic heterocycles. The molecule has 0 fully saturated rings. The van der Waals surface area contributed by atoms with Gasteiger partial charge in [-0.25, -0.2) is 0 Å². The second-order valence-corrected chi connectivity index (χ2v) is 5.98. The van der Waals surface area contributed by atoms with E-state index in [1.807, 2.05) is 24.3 Å². The van der Waals surface area contributed by atoms with Crippen molar-refractivity contribution < 1.29 is 9.53 Å². The quantitative estimate of drug-likeness (QED) is 0.524. The van der Waals surface area contributed by atoms with Crippen LogP contribution in [0.4, 0.5) is 0 Å². The molecule has 0 spiro atoms. The van der Waals surface area contributed by atoms with Gasteiger partial charge in [0.2, 0.25) is 5.91 Å². The summed E-state index contributed by atoms with van der Waals surface area (Å²) in [6.07, 6.45) is 0.822. The summed E-state index contributed by atoms with van der Waals surface area (Å²) in [4.78, 5) is 15.5. The van der Waals surface area contributed by atoms with E-state index < -0.39 is 5.91 Å². The lowest BCUT2D eigenvalue weighted by Gasteiger charge is -2.14. The molecule has 2 rings (SSSR count). The number of hydrogen-bond donors (Lipinski definition) is 3. The van der Waals surface area contributed by atoms with E-state index in [-0.39, 0.29) is 0 Å². The number of nitrogens with one attached hydrogen (secondary N) is 2. The largest absolute Gasteiger partial charge is 0.496 e. The predicted octanol–water partition coefficient (Wildman–Crippen LogP) is 2.01. The van der Waals surface area contributed by atoms with Crippen LogP contribution in [0.5, 0.6) is 5.75 Å². The van der Waals surface area contributed by atoms with E-state index >= 15 is 0 Å². The summed E-state index contributed by atoms with van der Waals surface area (Å²) in [5.74, 6) is 1.16. The van der Waals surface area contributed by atoms with E-state index in [4.69, 9.17) is 10.5 Å². The van der Waals surface area contributed by atoms with Gasteiger partial charge in [-0.15, -0.1) is 0 Å². The Morgan fingerprint density at radius 1 is 1.19 bits per heavy atom. The molecule has 4 N–H and O–H groups in total. The number of guanidine groups is 1. The molecule has 0 unspecified atom stereocenters. The Bertz CT molecular complexity index is 787. The third kappa shape index (κ3) is 5.51. The summed E-state index contributed by atoms with van der Waals surface area (Å²) < 4.78 is 5.41. The molecular formula is C20H26N4O2. The van der Waals surface area contributed by atoms with Crippen LogP contribution in [0.1, 0.15) is 27.0 Å². The molecule has 0 atom stereocenters. The molecule has 0 radical (unpaired) electrons. The van der Waals surface area contributed by atoms with Crippen molar-refractivity contribution in [3.63, 3.8) is 0 Å². The maximum absolute atomic E-state index is 11.3. The van der Waals surface area contributed by atoms with Crippen LogP contribution in [0.25, 0.3) is 0 Å². The van der Waals surface area contributed by atoms with Crippen LogP contribution >= 0.6 is 0 Å². The van der Waals surface area contributed by atoms with E-state index in [0.717, 1.165) is 29.8 Å². The number of carbonyl (C=O) groups excluding carboxylic acids is 1. The highest BCUT2D eigenvalue weighted by Gasteiger charge is 2.05. The zero-order valence-electron chi connectivity index (χ0n) is 15.5. The number of primary amides is 1. The Morgan fingerprint density at radius 3 is 2.69 bits per heavy atom. The van der Waals surface area contributed by atoms with Crippen LogP contribution in [0.2, 0.25) is 0 Å². The third-order valence-electron chi connectivity index (χ3n) is 4.02. The van der Waals surface area contributed by atoms with Crippen molar-refractivity contribution >= 4 is 11.9 Å². The van der Waals surface area contributed by atoms with E-state index in [2.05, 4.69) is 28.6 Å². The third-order valence-corrected chi connectivity index (χ3v) is 4.02. The van der Waals surface area contributed by atoms with Gasteiger partial charge in [-0.05, 0) is 42.7 Å². The number of amides is 1. The first-order chi connectivity index (χ1) is 12.5. The van der Waals surface area contributed by atoms with Gasteiger partial charge >= 0.3 is 0 Å². The molecule has 6 nitrogen and oxygen atoms in total. The summed E-state index contributed by atoms with van der Waals surface area (Å²) >= 11 is 0. The molecule has 0 saturated heterocycles. The molecule has 0 heterocycles. The van der Waals surface area contributed by atoms with Crippen molar-refractivity contribution in [1.29, 1.82) is 0 Å². The molecule has 138 valence electrons. The van der Waals surface area contributed by atoms with Crippen LogP contribution < -0.4 is 21.1 Å². The topological polar surface area (TPSA) is 88.7 Å². The number of carbonyl (C=O) groups is 1. The first-order valence-electron chi connectivity index (χ1n) is 8.50. The molecule has 0 bridgehead atoms. The molecule has 2 aromatic carbocycles. The second kappa shape index (κ2) is 9.46. The minimum Gasteiger partial charge on any atom is -0.496 e. The first kappa shape index (κ1) is 19.3. The van der Waals surface area contributed by atoms with Gasteiger partial charge in [0.25, 0.3) is 0 Å². The van der Waals surface area contributed by atoms with Crippen LogP contribution in [0, 0.1) is 6.92 Å². The standard InChI is InChI=1S/C20H26N4O2/c1-14-7-8-18(26-3)16(11-14)9-10-23-20(22-2)24-13-15-5-4-6-17(12-15)19(21)25/h4-8,11-12H,9-10,13H2,1-3H3,(H2,21,25)(H2,22,23,24). The molecule has 0 aliphatic heterocycles. The lowest BCUT2D eigenvalue weighted by molar-refractivity contribution is 0.1000. The smallest absolute Gasteiger partial charge is 0.248 e. The van der Waals surface area contributed by atoms with Gasteiger partial charge in [0, 0.05) is 25.7 Å². The molecule has 0 aliphatic carbocycles. The molecule has 26 heavy (non-hydrogen) atoms. The minimum atomic E-state index is -0.429. The van der Waals surface area contributed by atoms with Crippen molar-refractivity contribution in [3.8, 4) is 5.75 Å². The molecular weight excluding hydrogens is 328 g/mol. The molecule has 1 amide bonds. The van der Waals surface area contributed by atoms with Gasteiger partial charge in [-0.1, -0.05) is 29.8 Å². The zero-order chi connectivity index (χ0) is 18.9. The number of methoxy groups -OCH3 is 1. The average Bonchev–Trinajstić information content (AvgIpc) is 2.65. The summed E-state index contributed by atoms with van der Waals surface area (Å²) in [6.45, 7) is 3.34. The van der Waals surface area contributed by atoms with Gasteiger partial charge in [0.1, 0.15) is 5.75 Å². The van der Waals surface area contributed by atoms with E-state index in [0.29, 0.717) is 18.1 Å². The second-order valence-electron chi connectivity index (χ2n) is 5.98. The number of rotatable bonds is 7. The van der Waals surface area contributed by atoms with Crippen LogP contribution in [0.15, 0.2) is 47.5 Å². The monoisotopic (exact) mass is 354 g/mol. The van der Waals surface area contributed by atoms with Crippen molar-refractivity contribution in [2.24, 2.45) is 10.7 Å². The number of hydrogen-bond acceptors (Lipinski definition) is 3. The minimum absolute atomic E-state index is 0.429. The van der Waals surface area contributed by atoms with Gasteiger partial charge in [-0.2, -0.15) is 0 Å². The Kier molecular flexibility index (Phi) is 7.02. The van der Waals surface area contributed by atoms with Crippen molar-refractivity contribution in [2.45, 2.75) is 19.9 Å². The zero-order valence-corrected chi connectivity index (χ0v) is 15.5. The highest BCUT2D eigenvalue weighted by atomic mass is 16.5. The molecule has 0 aliphatic rings. The van der Waals surface area contributed by atoms with Crippen molar-refractivity contribution in [2.75, 3.05) is 20.7 Å². The van der Waals surface area contributed by atoms with Crippen molar-refractivity contribution in [3.05, 3.63) is 64.7 Å². The van der Waals surface area contributed by atoms with E-state index in [9.17, 15) is 4.79 Å². The summed E-state index contributed by atoms with van der Waals surface area (Å²) in [7, 11) is 3.41. The van der Waals surface area contributed by atoms with Gasteiger partial charge in [-0.3, -0.25) is 9.79 Å². The van der Waals surface area contributed by atoms with E-state index in [1.165, 1.54) is 5.56 Å². The lowest BCUT2D eigenvalue weighted by atomic mass is 10.1. The molecule has 6 heteroatoms. The average molecular weight is 354 g/mol. The van der Waals surface area contributed by atoms with Crippen LogP contribution in [-0.4, -0.2) is 32.6 Å². The molecule has 0 saturated carbocycles. The maximum atomic E-state index is 11.3. The SMILES string of the molecule is CN=C(NCCc1cc(C)ccc1OC)NCc1cccc(C(N)=O)c1. The maximum Gasteiger partial charge on any atom is 0.248 e. The fraction of sp³-hybridized carbons (Fsp3) is 0.300. The summed E-state index contributed by atoms with van der Waals surface area (Å²) in [5.41, 5.74) is 9.14. The predicted molar refractivity (Wildman–Crippen MR) is 105 cm³/mol. The number of ether oxygens (including phenoxy) is 1. The normalized spacial score (nSPS) is 11.1. The number of nitrogens with two attached hydrogens (primary N) is 1. The number of aliphatic imine (C=N–C) groups is 1. The number of nitrogens with zero attached hydrogens (tertiary/aromatic N) is 1. The molecule has 2 aromatic rings. The Hall–Kier alpha value is -3.02. The van der Waals surface area contributed by atoms with Gasteiger partial charge < -0.3 is 21.1 Å². The fourth-order valence-electron chi connectivity index (χ4n) is 2.66. The highest BCUT2D eigenvalue weighted by molar-refractivity contribution is 5.92. The Morgan fingerprint density at radius 2 is 2.00 bits per heavy atom. The van der Waals surface area contributed by atoms with Crippen LogP contribution in [0.3, 0.4) is 0 Å². The summed E-state index contributed by atoms with van der Waals surface area (Å²) in [6, 6.07) is 13.4. The summed E-state index contributed by atoms with van der Waals surface area (Å²) in [5, 5.41) is 6.52.